The number of benzene rings is 1. The maximum atomic E-state index is 11.7. The predicted octanol–water partition coefficient (Wildman–Crippen LogP) is 2.34. The molecule has 0 saturated heterocycles. The average Bonchev–Trinajstić information content (AvgIpc) is 3.24. The van der Waals surface area contributed by atoms with E-state index < -0.39 is 0 Å². The second-order valence-electron chi connectivity index (χ2n) is 5.46. The van der Waals surface area contributed by atoms with Crippen molar-refractivity contribution in [2.45, 2.75) is 26.2 Å². The van der Waals surface area contributed by atoms with E-state index in [0.717, 1.165) is 37.8 Å². The first-order valence-electron chi connectivity index (χ1n) is 7.39. The Morgan fingerprint density at radius 1 is 1.30 bits per heavy atom. The molecule has 4 heteroatoms. The average molecular weight is 276 g/mol. The molecule has 1 fully saturated rings. The summed E-state index contributed by atoms with van der Waals surface area (Å²) in [4.78, 5) is 11.7. The van der Waals surface area contributed by atoms with Gasteiger partial charge in [-0.05, 0) is 50.8 Å². The summed E-state index contributed by atoms with van der Waals surface area (Å²) in [5.41, 5.74) is 2.03. The molecule has 2 rings (SSSR count). The molecular weight excluding hydrogens is 252 g/mol. The molecule has 0 aliphatic heterocycles. The Labute approximate surface area is 120 Å². The number of ether oxygens (including phenoxy) is 1. The molecular formula is C16H24N2O2. The van der Waals surface area contributed by atoms with E-state index in [1.165, 1.54) is 18.4 Å². The van der Waals surface area contributed by atoms with Gasteiger partial charge in [0.1, 0.15) is 0 Å². The summed E-state index contributed by atoms with van der Waals surface area (Å²) in [5, 5.41) is 5.99. The summed E-state index contributed by atoms with van der Waals surface area (Å²) in [6, 6.07) is 7.80. The van der Waals surface area contributed by atoms with Crippen LogP contribution in [-0.2, 0) is 9.53 Å². The lowest BCUT2D eigenvalue weighted by atomic mass is 10.2. The van der Waals surface area contributed by atoms with Crippen LogP contribution in [0.15, 0.2) is 24.3 Å². The van der Waals surface area contributed by atoms with Crippen LogP contribution in [0, 0.1) is 12.8 Å². The van der Waals surface area contributed by atoms with E-state index >= 15 is 0 Å². The molecule has 0 atom stereocenters. The van der Waals surface area contributed by atoms with E-state index in [9.17, 15) is 4.79 Å². The molecule has 1 saturated carbocycles. The fraction of sp³-hybridized carbons (Fsp3) is 0.562. The number of carbonyl (C=O) groups is 1. The van der Waals surface area contributed by atoms with Gasteiger partial charge in [0.15, 0.2) is 0 Å². The van der Waals surface area contributed by atoms with Gasteiger partial charge in [-0.3, -0.25) is 4.79 Å². The van der Waals surface area contributed by atoms with Crippen LogP contribution in [0.5, 0.6) is 0 Å². The van der Waals surface area contributed by atoms with Gasteiger partial charge in [0, 0.05) is 18.9 Å². The third-order valence-corrected chi connectivity index (χ3v) is 3.31. The fourth-order valence-corrected chi connectivity index (χ4v) is 1.88. The van der Waals surface area contributed by atoms with Gasteiger partial charge in [-0.2, -0.15) is 0 Å². The Morgan fingerprint density at radius 2 is 2.05 bits per heavy atom. The largest absolute Gasteiger partial charge is 0.381 e. The van der Waals surface area contributed by atoms with Gasteiger partial charge < -0.3 is 15.4 Å². The van der Waals surface area contributed by atoms with Crippen LogP contribution >= 0.6 is 0 Å². The van der Waals surface area contributed by atoms with Crippen LogP contribution in [0.25, 0.3) is 0 Å². The number of rotatable bonds is 9. The summed E-state index contributed by atoms with van der Waals surface area (Å²) in [7, 11) is 0. The van der Waals surface area contributed by atoms with E-state index in [1.807, 2.05) is 31.2 Å². The van der Waals surface area contributed by atoms with E-state index in [4.69, 9.17) is 4.74 Å². The quantitative estimate of drug-likeness (QED) is 0.681. The van der Waals surface area contributed by atoms with Crippen molar-refractivity contribution in [3.05, 3.63) is 29.8 Å². The summed E-state index contributed by atoms with van der Waals surface area (Å²) in [6.07, 6.45) is 3.61. The van der Waals surface area contributed by atoms with Crippen molar-refractivity contribution in [1.82, 2.24) is 5.32 Å². The van der Waals surface area contributed by atoms with Crippen LogP contribution in [0.4, 0.5) is 5.69 Å². The van der Waals surface area contributed by atoms with Crippen molar-refractivity contribution in [2.75, 3.05) is 31.6 Å². The van der Waals surface area contributed by atoms with E-state index in [-0.39, 0.29) is 5.91 Å². The molecule has 0 unspecified atom stereocenters. The zero-order valence-corrected chi connectivity index (χ0v) is 12.2. The number of amides is 1. The van der Waals surface area contributed by atoms with Gasteiger partial charge >= 0.3 is 0 Å². The predicted molar refractivity (Wildman–Crippen MR) is 80.8 cm³/mol. The summed E-state index contributed by atoms with van der Waals surface area (Å²) in [5.74, 6) is 0.816. The SMILES string of the molecule is Cc1ccc(NC(=O)CNCCCOCC2CC2)cc1. The standard InChI is InChI=1S/C16H24N2O2/c1-13-3-7-15(8-4-13)18-16(19)11-17-9-2-10-20-12-14-5-6-14/h3-4,7-8,14,17H,2,5-6,9-12H2,1H3,(H,18,19). The van der Waals surface area contributed by atoms with Crippen molar-refractivity contribution >= 4 is 11.6 Å². The van der Waals surface area contributed by atoms with Gasteiger partial charge in [-0.25, -0.2) is 0 Å². The second-order valence-corrected chi connectivity index (χ2v) is 5.46. The van der Waals surface area contributed by atoms with Crippen LogP contribution in [-0.4, -0.2) is 32.2 Å². The first-order chi connectivity index (χ1) is 9.74. The Morgan fingerprint density at radius 3 is 2.75 bits per heavy atom. The van der Waals surface area contributed by atoms with Crippen molar-refractivity contribution < 1.29 is 9.53 Å². The molecule has 2 N–H and O–H groups in total. The smallest absolute Gasteiger partial charge is 0.238 e. The summed E-state index contributed by atoms with van der Waals surface area (Å²) in [6.45, 7) is 4.87. The highest BCUT2D eigenvalue weighted by Crippen LogP contribution is 2.28. The number of carbonyl (C=O) groups excluding carboxylic acids is 1. The number of nitrogens with one attached hydrogen (secondary N) is 2. The summed E-state index contributed by atoms with van der Waals surface area (Å²) < 4.78 is 5.53. The second kappa shape index (κ2) is 8.02. The third-order valence-electron chi connectivity index (χ3n) is 3.31. The highest BCUT2D eigenvalue weighted by atomic mass is 16.5. The van der Waals surface area contributed by atoms with Gasteiger partial charge in [-0.15, -0.1) is 0 Å². The zero-order chi connectivity index (χ0) is 14.2. The maximum Gasteiger partial charge on any atom is 0.238 e. The van der Waals surface area contributed by atoms with Crippen molar-refractivity contribution in [3.8, 4) is 0 Å². The third kappa shape index (κ3) is 6.17. The van der Waals surface area contributed by atoms with Gasteiger partial charge in [-0.1, -0.05) is 17.7 Å². The first kappa shape index (κ1) is 15.0. The molecule has 0 radical (unpaired) electrons. The monoisotopic (exact) mass is 276 g/mol. The van der Waals surface area contributed by atoms with Crippen molar-refractivity contribution in [1.29, 1.82) is 0 Å². The number of hydrogen-bond acceptors (Lipinski definition) is 3. The molecule has 110 valence electrons. The van der Waals surface area contributed by atoms with Crippen molar-refractivity contribution in [3.63, 3.8) is 0 Å². The van der Waals surface area contributed by atoms with Gasteiger partial charge in [0.05, 0.1) is 6.54 Å². The fourth-order valence-electron chi connectivity index (χ4n) is 1.88. The molecule has 1 aliphatic carbocycles. The molecule has 0 spiro atoms. The molecule has 1 amide bonds. The van der Waals surface area contributed by atoms with Crippen molar-refractivity contribution in [2.24, 2.45) is 5.92 Å². The Bertz CT molecular complexity index is 413. The Kier molecular flexibility index (Phi) is 6.02. The lowest BCUT2D eigenvalue weighted by Gasteiger charge is -2.07. The lowest BCUT2D eigenvalue weighted by molar-refractivity contribution is -0.115. The minimum absolute atomic E-state index is 0.00671. The normalized spacial score (nSPS) is 14.2. The first-order valence-corrected chi connectivity index (χ1v) is 7.39. The number of anilines is 1. The lowest BCUT2D eigenvalue weighted by Crippen LogP contribution is -2.29. The highest BCUT2D eigenvalue weighted by molar-refractivity contribution is 5.92. The van der Waals surface area contributed by atoms with E-state index in [1.54, 1.807) is 0 Å². The number of hydrogen-bond donors (Lipinski definition) is 2. The molecule has 1 aromatic rings. The molecule has 0 heterocycles. The Balaban J connectivity index is 1.48. The van der Waals surface area contributed by atoms with E-state index in [0.29, 0.717) is 6.54 Å². The van der Waals surface area contributed by atoms with Gasteiger partial charge in [0.25, 0.3) is 0 Å². The number of aryl methyl sites for hydroxylation is 1. The Hall–Kier alpha value is -1.39. The highest BCUT2D eigenvalue weighted by Gasteiger charge is 2.20. The topological polar surface area (TPSA) is 50.4 Å². The molecule has 0 aromatic heterocycles. The van der Waals surface area contributed by atoms with Gasteiger partial charge in [0.2, 0.25) is 5.91 Å². The molecule has 0 bridgehead atoms. The molecule has 4 nitrogen and oxygen atoms in total. The van der Waals surface area contributed by atoms with Crippen LogP contribution in [0.1, 0.15) is 24.8 Å². The zero-order valence-electron chi connectivity index (χ0n) is 12.2. The van der Waals surface area contributed by atoms with Crippen LogP contribution in [0.3, 0.4) is 0 Å². The minimum Gasteiger partial charge on any atom is -0.381 e. The maximum absolute atomic E-state index is 11.7. The summed E-state index contributed by atoms with van der Waals surface area (Å²) >= 11 is 0. The van der Waals surface area contributed by atoms with Crippen LogP contribution in [0.2, 0.25) is 0 Å². The van der Waals surface area contributed by atoms with E-state index in [2.05, 4.69) is 10.6 Å². The molecule has 1 aromatic carbocycles. The molecule has 1 aliphatic rings. The molecule has 20 heavy (non-hydrogen) atoms. The van der Waals surface area contributed by atoms with Crippen LogP contribution < -0.4 is 10.6 Å². The minimum atomic E-state index is -0.00671.